The van der Waals surface area contributed by atoms with Gasteiger partial charge < -0.3 is 14.6 Å². The van der Waals surface area contributed by atoms with Crippen LogP contribution in [-0.4, -0.2) is 38.1 Å². The van der Waals surface area contributed by atoms with E-state index >= 15 is 0 Å². The highest BCUT2D eigenvalue weighted by atomic mass is 16.5. The van der Waals surface area contributed by atoms with Crippen molar-refractivity contribution < 1.29 is 14.6 Å². The van der Waals surface area contributed by atoms with Crippen molar-refractivity contribution in [1.29, 1.82) is 0 Å². The van der Waals surface area contributed by atoms with E-state index < -0.39 is 0 Å². The van der Waals surface area contributed by atoms with Gasteiger partial charge in [-0.05, 0) is 5.41 Å². The third-order valence-corrected chi connectivity index (χ3v) is 1.14. The quantitative estimate of drug-likeness (QED) is 0.615. The lowest BCUT2D eigenvalue weighted by atomic mass is 9.99. The molecule has 0 radical (unpaired) electrons. The Balaban J connectivity index is 3.01. The minimum Gasteiger partial charge on any atom is -0.394 e. The molecule has 0 unspecified atom stereocenters. The van der Waals surface area contributed by atoms with Crippen molar-refractivity contribution in [2.45, 2.75) is 20.8 Å². The Kier molecular flexibility index (Phi) is 6.34. The van der Waals surface area contributed by atoms with Gasteiger partial charge in [0.05, 0.1) is 33.0 Å². The molecule has 0 aromatic rings. The molecule has 12 heavy (non-hydrogen) atoms. The molecule has 0 aliphatic rings. The van der Waals surface area contributed by atoms with Crippen LogP contribution in [0.4, 0.5) is 0 Å². The first kappa shape index (κ1) is 11.9. The molecule has 0 rings (SSSR count). The van der Waals surface area contributed by atoms with Crippen LogP contribution in [-0.2, 0) is 9.47 Å². The van der Waals surface area contributed by atoms with Crippen LogP contribution in [0.2, 0.25) is 0 Å². The molecule has 0 saturated carbocycles. The highest BCUT2D eigenvalue weighted by Crippen LogP contribution is 2.12. The van der Waals surface area contributed by atoms with Crippen molar-refractivity contribution in [3.8, 4) is 0 Å². The van der Waals surface area contributed by atoms with Crippen molar-refractivity contribution in [3.05, 3.63) is 0 Å². The summed E-state index contributed by atoms with van der Waals surface area (Å²) >= 11 is 0. The zero-order valence-corrected chi connectivity index (χ0v) is 8.30. The molecular weight excluding hydrogens is 156 g/mol. The summed E-state index contributed by atoms with van der Waals surface area (Å²) in [5.41, 5.74) is 0.219. The van der Waals surface area contributed by atoms with Gasteiger partial charge >= 0.3 is 0 Å². The van der Waals surface area contributed by atoms with Gasteiger partial charge in [0.15, 0.2) is 0 Å². The average molecular weight is 176 g/mol. The van der Waals surface area contributed by atoms with E-state index in [1.807, 2.05) is 0 Å². The van der Waals surface area contributed by atoms with Crippen molar-refractivity contribution in [1.82, 2.24) is 0 Å². The Morgan fingerprint density at radius 3 is 2.08 bits per heavy atom. The van der Waals surface area contributed by atoms with E-state index in [9.17, 15) is 0 Å². The van der Waals surface area contributed by atoms with E-state index in [4.69, 9.17) is 14.6 Å². The van der Waals surface area contributed by atoms with Crippen LogP contribution in [0.5, 0.6) is 0 Å². The van der Waals surface area contributed by atoms with Crippen LogP contribution in [0.15, 0.2) is 0 Å². The molecular formula is C9H20O3. The molecule has 3 heteroatoms. The fourth-order valence-electron chi connectivity index (χ4n) is 0.663. The molecule has 0 aromatic carbocycles. The summed E-state index contributed by atoms with van der Waals surface area (Å²) in [5, 5.41) is 8.39. The second-order valence-corrected chi connectivity index (χ2v) is 3.95. The minimum atomic E-state index is 0.0826. The third kappa shape index (κ3) is 9.88. The second-order valence-electron chi connectivity index (χ2n) is 3.95. The van der Waals surface area contributed by atoms with Crippen LogP contribution in [0, 0.1) is 5.41 Å². The van der Waals surface area contributed by atoms with Gasteiger partial charge in [-0.25, -0.2) is 0 Å². The highest BCUT2D eigenvalue weighted by molar-refractivity contribution is 4.58. The van der Waals surface area contributed by atoms with Crippen LogP contribution in [0.25, 0.3) is 0 Å². The molecule has 0 aromatic heterocycles. The SMILES string of the molecule is CC(C)(C)COCCOCCO. The number of aliphatic hydroxyl groups excluding tert-OH is 1. The topological polar surface area (TPSA) is 38.7 Å². The van der Waals surface area contributed by atoms with E-state index in [0.29, 0.717) is 19.8 Å². The average Bonchev–Trinajstić information content (AvgIpc) is 1.94. The maximum Gasteiger partial charge on any atom is 0.0701 e. The van der Waals surface area contributed by atoms with Crippen molar-refractivity contribution in [2.75, 3.05) is 33.0 Å². The Hall–Kier alpha value is -0.120. The van der Waals surface area contributed by atoms with Crippen LogP contribution in [0.3, 0.4) is 0 Å². The smallest absolute Gasteiger partial charge is 0.0701 e. The number of hydrogen-bond donors (Lipinski definition) is 1. The first-order chi connectivity index (χ1) is 5.56. The van der Waals surface area contributed by atoms with E-state index in [2.05, 4.69) is 20.8 Å². The predicted molar refractivity (Wildman–Crippen MR) is 48.2 cm³/mol. The molecule has 1 N–H and O–H groups in total. The van der Waals surface area contributed by atoms with E-state index in [1.165, 1.54) is 0 Å². The summed E-state index contributed by atoms with van der Waals surface area (Å²) < 4.78 is 10.4. The largest absolute Gasteiger partial charge is 0.394 e. The summed E-state index contributed by atoms with van der Waals surface area (Å²) in [6.45, 7) is 8.78. The molecule has 0 amide bonds. The zero-order valence-electron chi connectivity index (χ0n) is 8.30. The van der Waals surface area contributed by atoms with Gasteiger partial charge in [-0.2, -0.15) is 0 Å². The van der Waals surface area contributed by atoms with Gasteiger partial charge in [0.2, 0.25) is 0 Å². The van der Waals surface area contributed by atoms with Gasteiger partial charge in [0, 0.05) is 0 Å². The first-order valence-electron chi connectivity index (χ1n) is 4.32. The van der Waals surface area contributed by atoms with Crippen LogP contribution in [0.1, 0.15) is 20.8 Å². The van der Waals surface area contributed by atoms with Gasteiger partial charge in [-0.1, -0.05) is 20.8 Å². The molecule has 0 heterocycles. The van der Waals surface area contributed by atoms with E-state index in [1.54, 1.807) is 0 Å². The van der Waals surface area contributed by atoms with Crippen LogP contribution < -0.4 is 0 Å². The summed E-state index contributed by atoms with van der Waals surface area (Å²) in [7, 11) is 0. The van der Waals surface area contributed by atoms with Gasteiger partial charge in [-0.15, -0.1) is 0 Å². The summed E-state index contributed by atoms with van der Waals surface area (Å²) in [6.07, 6.45) is 0. The fourth-order valence-corrected chi connectivity index (χ4v) is 0.663. The van der Waals surface area contributed by atoms with Gasteiger partial charge in [0.25, 0.3) is 0 Å². The minimum absolute atomic E-state index is 0.0826. The third-order valence-electron chi connectivity index (χ3n) is 1.14. The molecule has 0 fully saturated rings. The molecule has 0 atom stereocenters. The lowest BCUT2D eigenvalue weighted by Crippen LogP contribution is -2.17. The Labute approximate surface area is 74.7 Å². The Morgan fingerprint density at radius 1 is 1.00 bits per heavy atom. The number of rotatable bonds is 6. The second kappa shape index (κ2) is 6.40. The number of aliphatic hydroxyl groups is 1. The normalized spacial score (nSPS) is 12.0. The van der Waals surface area contributed by atoms with E-state index in [0.717, 1.165) is 6.61 Å². The summed E-state index contributed by atoms with van der Waals surface area (Å²) in [5.74, 6) is 0. The molecule has 0 aliphatic carbocycles. The molecule has 0 bridgehead atoms. The van der Waals surface area contributed by atoms with Crippen molar-refractivity contribution in [3.63, 3.8) is 0 Å². The van der Waals surface area contributed by atoms with Gasteiger partial charge in [0.1, 0.15) is 0 Å². The zero-order chi connectivity index (χ0) is 9.45. The van der Waals surface area contributed by atoms with Crippen molar-refractivity contribution in [2.24, 2.45) is 5.41 Å². The standard InChI is InChI=1S/C9H20O3/c1-9(2,3)8-12-7-6-11-5-4-10/h10H,4-8H2,1-3H3. The van der Waals surface area contributed by atoms with Crippen molar-refractivity contribution >= 4 is 0 Å². The maximum absolute atomic E-state index is 8.39. The number of hydrogen-bond acceptors (Lipinski definition) is 3. The monoisotopic (exact) mass is 176 g/mol. The lowest BCUT2D eigenvalue weighted by Gasteiger charge is -2.17. The molecule has 3 nitrogen and oxygen atoms in total. The molecule has 74 valence electrons. The van der Waals surface area contributed by atoms with E-state index in [-0.39, 0.29) is 12.0 Å². The fraction of sp³-hybridized carbons (Fsp3) is 1.00. The first-order valence-corrected chi connectivity index (χ1v) is 4.32. The molecule has 0 aliphatic heterocycles. The summed E-state index contributed by atoms with van der Waals surface area (Å²) in [4.78, 5) is 0. The van der Waals surface area contributed by atoms with Crippen LogP contribution >= 0.6 is 0 Å². The van der Waals surface area contributed by atoms with Gasteiger partial charge in [-0.3, -0.25) is 0 Å². The Morgan fingerprint density at radius 2 is 1.58 bits per heavy atom. The highest BCUT2D eigenvalue weighted by Gasteiger charge is 2.09. The number of ether oxygens (including phenoxy) is 2. The lowest BCUT2D eigenvalue weighted by molar-refractivity contribution is 0.0107. The molecule has 0 spiro atoms. The summed E-state index contributed by atoms with van der Waals surface area (Å²) in [6, 6.07) is 0. The molecule has 0 saturated heterocycles. The Bertz CT molecular complexity index is 96.4. The predicted octanol–water partition coefficient (Wildman–Crippen LogP) is 1.06. The maximum atomic E-state index is 8.39.